The number of nitrogens with one attached hydrogen (secondary N) is 2. The molecule has 0 unspecified atom stereocenters. The van der Waals surface area contributed by atoms with E-state index >= 15 is 0 Å². The van der Waals surface area contributed by atoms with E-state index in [1.165, 1.54) is 18.2 Å². The van der Waals surface area contributed by atoms with Crippen LogP contribution in [0.15, 0.2) is 42.7 Å². The number of aromatic nitrogens is 2. The number of amides is 1. The monoisotopic (exact) mass is 358 g/mol. The van der Waals surface area contributed by atoms with Crippen molar-refractivity contribution < 1.29 is 13.6 Å². The van der Waals surface area contributed by atoms with Gasteiger partial charge in [0.2, 0.25) is 0 Å². The summed E-state index contributed by atoms with van der Waals surface area (Å²) < 4.78 is 27.2. The molecule has 7 heteroatoms. The molecule has 136 valence electrons. The summed E-state index contributed by atoms with van der Waals surface area (Å²) in [4.78, 5) is 21.4. The highest BCUT2D eigenvalue weighted by atomic mass is 19.1. The van der Waals surface area contributed by atoms with Crippen LogP contribution in [0, 0.1) is 11.6 Å². The zero-order valence-corrected chi connectivity index (χ0v) is 14.4. The lowest BCUT2D eigenvalue weighted by Crippen LogP contribution is -2.34. The SMILES string of the molecule is CN(CCNC(=O)c1nccc2[nH]ccc12)CCc1c(F)cccc1F. The van der Waals surface area contributed by atoms with E-state index in [0.717, 1.165) is 10.9 Å². The normalized spacial score (nSPS) is 11.2. The zero-order valence-electron chi connectivity index (χ0n) is 14.4. The number of benzene rings is 1. The molecular formula is C19H20F2N4O. The third-order valence-corrected chi connectivity index (χ3v) is 4.28. The Labute approximate surface area is 150 Å². The standard InChI is InChI=1S/C19H20F2N4O/c1-25(11-7-13-15(20)3-2-4-16(13)21)12-10-24-19(26)18-14-5-8-22-17(14)6-9-23-18/h2-6,8-9,22H,7,10-12H2,1H3,(H,24,26). The first-order valence-corrected chi connectivity index (χ1v) is 8.38. The summed E-state index contributed by atoms with van der Waals surface area (Å²) in [5.74, 6) is -1.31. The number of rotatable bonds is 7. The molecule has 3 aromatic rings. The molecule has 1 amide bonds. The van der Waals surface area contributed by atoms with E-state index in [9.17, 15) is 13.6 Å². The number of carbonyl (C=O) groups is 1. The van der Waals surface area contributed by atoms with E-state index in [1.54, 1.807) is 12.4 Å². The minimum absolute atomic E-state index is 0.0896. The van der Waals surface area contributed by atoms with Gasteiger partial charge >= 0.3 is 0 Å². The molecule has 2 N–H and O–H groups in total. The Bertz CT molecular complexity index is 889. The van der Waals surface area contributed by atoms with Crippen LogP contribution < -0.4 is 5.32 Å². The maximum Gasteiger partial charge on any atom is 0.270 e. The third-order valence-electron chi connectivity index (χ3n) is 4.28. The fourth-order valence-corrected chi connectivity index (χ4v) is 2.79. The second kappa shape index (κ2) is 8.05. The van der Waals surface area contributed by atoms with E-state index in [0.29, 0.717) is 25.3 Å². The molecule has 0 aliphatic carbocycles. The molecule has 0 saturated heterocycles. The zero-order chi connectivity index (χ0) is 18.5. The summed E-state index contributed by atoms with van der Waals surface area (Å²) in [5, 5.41) is 3.60. The topological polar surface area (TPSA) is 61.0 Å². The van der Waals surface area contributed by atoms with Gasteiger partial charge in [0.1, 0.15) is 17.3 Å². The summed E-state index contributed by atoms with van der Waals surface area (Å²) in [5.41, 5.74) is 1.32. The molecule has 0 radical (unpaired) electrons. The van der Waals surface area contributed by atoms with E-state index in [4.69, 9.17) is 0 Å². The van der Waals surface area contributed by atoms with Crippen molar-refractivity contribution >= 4 is 16.8 Å². The lowest BCUT2D eigenvalue weighted by atomic mass is 10.1. The molecule has 3 rings (SSSR count). The van der Waals surface area contributed by atoms with E-state index in [-0.39, 0.29) is 17.9 Å². The Morgan fingerprint density at radius 1 is 1.19 bits per heavy atom. The largest absolute Gasteiger partial charge is 0.361 e. The second-order valence-electron chi connectivity index (χ2n) is 6.11. The molecule has 0 spiro atoms. The van der Waals surface area contributed by atoms with Crippen molar-refractivity contribution in [2.24, 2.45) is 0 Å². The van der Waals surface area contributed by atoms with Crippen LogP contribution in [0.3, 0.4) is 0 Å². The van der Waals surface area contributed by atoms with Crippen molar-refractivity contribution in [1.82, 2.24) is 20.2 Å². The van der Waals surface area contributed by atoms with E-state index in [1.807, 2.05) is 24.1 Å². The number of nitrogens with zero attached hydrogens (tertiary/aromatic N) is 2. The van der Waals surface area contributed by atoms with Gasteiger partial charge in [-0.2, -0.15) is 0 Å². The molecule has 0 atom stereocenters. The average Bonchev–Trinajstić information content (AvgIpc) is 3.10. The van der Waals surface area contributed by atoms with Gasteiger partial charge in [0.05, 0.1) is 0 Å². The number of carbonyl (C=O) groups excluding carboxylic acids is 1. The van der Waals surface area contributed by atoms with Crippen molar-refractivity contribution in [2.45, 2.75) is 6.42 Å². The van der Waals surface area contributed by atoms with Crippen LogP contribution in [0.4, 0.5) is 8.78 Å². The van der Waals surface area contributed by atoms with E-state index in [2.05, 4.69) is 15.3 Å². The summed E-state index contributed by atoms with van der Waals surface area (Å²) in [7, 11) is 1.84. The van der Waals surface area contributed by atoms with Crippen LogP contribution in [0.25, 0.3) is 10.9 Å². The molecule has 2 aromatic heterocycles. The Morgan fingerprint density at radius 2 is 1.96 bits per heavy atom. The summed E-state index contributed by atoms with van der Waals surface area (Å²) >= 11 is 0. The van der Waals surface area contributed by atoms with Crippen LogP contribution in [0.5, 0.6) is 0 Å². The Balaban J connectivity index is 1.48. The smallest absolute Gasteiger partial charge is 0.270 e. The van der Waals surface area contributed by atoms with Gasteiger partial charge in [-0.15, -0.1) is 0 Å². The molecule has 0 bridgehead atoms. The minimum Gasteiger partial charge on any atom is -0.361 e. The summed E-state index contributed by atoms with van der Waals surface area (Å²) in [6, 6.07) is 7.49. The maximum atomic E-state index is 13.6. The minimum atomic E-state index is -0.530. The highest BCUT2D eigenvalue weighted by Crippen LogP contribution is 2.15. The molecule has 0 aliphatic heterocycles. The molecule has 0 saturated carbocycles. The predicted molar refractivity (Wildman–Crippen MR) is 96.0 cm³/mol. The van der Waals surface area contributed by atoms with Crippen molar-refractivity contribution in [2.75, 3.05) is 26.7 Å². The van der Waals surface area contributed by atoms with Crippen LogP contribution in [0.2, 0.25) is 0 Å². The van der Waals surface area contributed by atoms with Crippen LogP contribution in [-0.2, 0) is 6.42 Å². The van der Waals surface area contributed by atoms with Crippen molar-refractivity contribution in [3.63, 3.8) is 0 Å². The molecule has 5 nitrogen and oxygen atoms in total. The number of pyridine rings is 1. The fourth-order valence-electron chi connectivity index (χ4n) is 2.79. The number of hydrogen-bond donors (Lipinski definition) is 2. The van der Waals surface area contributed by atoms with Gasteiger partial charge in [0.15, 0.2) is 0 Å². The van der Waals surface area contributed by atoms with Crippen LogP contribution in [0.1, 0.15) is 16.1 Å². The molecule has 0 aliphatic rings. The molecular weight excluding hydrogens is 338 g/mol. The number of fused-ring (bicyclic) bond motifs is 1. The maximum absolute atomic E-state index is 13.6. The number of H-pyrrole nitrogens is 1. The second-order valence-corrected chi connectivity index (χ2v) is 6.11. The Hall–Kier alpha value is -2.80. The first-order chi connectivity index (χ1) is 12.6. The van der Waals surface area contributed by atoms with Gasteiger partial charge in [-0.05, 0) is 37.7 Å². The highest BCUT2D eigenvalue weighted by molar-refractivity contribution is 6.04. The van der Waals surface area contributed by atoms with Gasteiger partial charge in [-0.25, -0.2) is 8.78 Å². The molecule has 0 fully saturated rings. The lowest BCUT2D eigenvalue weighted by molar-refractivity contribution is 0.0947. The first-order valence-electron chi connectivity index (χ1n) is 8.38. The predicted octanol–water partition coefficient (Wildman–Crippen LogP) is 2.75. The van der Waals surface area contributed by atoms with Gasteiger partial charge in [0, 0.05) is 48.5 Å². The number of halogens is 2. The third kappa shape index (κ3) is 4.05. The lowest BCUT2D eigenvalue weighted by Gasteiger charge is -2.17. The molecule has 2 heterocycles. The summed E-state index contributed by atoms with van der Waals surface area (Å²) in [6.45, 7) is 1.46. The average molecular weight is 358 g/mol. The first kappa shape index (κ1) is 18.0. The van der Waals surface area contributed by atoms with Crippen molar-refractivity contribution in [3.8, 4) is 0 Å². The fraction of sp³-hybridized carbons (Fsp3) is 0.263. The van der Waals surface area contributed by atoms with Gasteiger partial charge < -0.3 is 15.2 Å². The van der Waals surface area contributed by atoms with Crippen molar-refractivity contribution in [3.05, 3.63) is 65.6 Å². The number of hydrogen-bond acceptors (Lipinski definition) is 3. The molecule has 26 heavy (non-hydrogen) atoms. The van der Waals surface area contributed by atoms with Gasteiger partial charge in [0.25, 0.3) is 5.91 Å². The quantitative estimate of drug-likeness (QED) is 0.683. The molecule has 1 aromatic carbocycles. The van der Waals surface area contributed by atoms with Crippen LogP contribution >= 0.6 is 0 Å². The van der Waals surface area contributed by atoms with E-state index < -0.39 is 11.6 Å². The Kier molecular flexibility index (Phi) is 5.58. The van der Waals surface area contributed by atoms with Gasteiger partial charge in [-0.3, -0.25) is 9.78 Å². The summed E-state index contributed by atoms with van der Waals surface area (Å²) in [6.07, 6.45) is 3.62. The Morgan fingerprint density at radius 3 is 2.73 bits per heavy atom. The number of aromatic amines is 1. The van der Waals surface area contributed by atoms with Crippen LogP contribution in [-0.4, -0.2) is 47.5 Å². The highest BCUT2D eigenvalue weighted by Gasteiger charge is 2.13. The number of likely N-dealkylation sites (N-methyl/N-ethyl adjacent to an activating group) is 1. The van der Waals surface area contributed by atoms with Crippen molar-refractivity contribution in [1.29, 1.82) is 0 Å². The van der Waals surface area contributed by atoms with Gasteiger partial charge in [-0.1, -0.05) is 6.07 Å².